The lowest BCUT2D eigenvalue weighted by Gasteiger charge is -2.22. The number of carbonyl (C=O) groups is 2. The van der Waals surface area contributed by atoms with Gasteiger partial charge in [0.05, 0.1) is 5.56 Å². The summed E-state index contributed by atoms with van der Waals surface area (Å²) in [7, 11) is 0. The zero-order valence-corrected chi connectivity index (χ0v) is 16.7. The first kappa shape index (κ1) is 20.4. The van der Waals surface area contributed by atoms with Crippen LogP contribution < -0.4 is 5.32 Å². The largest absolute Gasteiger partial charge is 0.478 e. The molecule has 0 bridgehead atoms. The number of nitriles is 1. The van der Waals surface area contributed by atoms with Crippen LogP contribution in [0.2, 0.25) is 0 Å². The van der Waals surface area contributed by atoms with Gasteiger partial charge in [-0.3, -0.25) is 4.79 Å². The van der Waals surface area contributed by atoms with Gasteiger partial charge >= 0.3 is 5.97 Å². The molecule has 6 nitrogen and oxygen atoms in total. The molecule has 3 rings (SSSR count). The summed E-state index contributed by atoms with van der Waals surface area (Å²) in [6.45, 7) is 3.85. The van der Waals surface area contributed by atoms with Crippen molar-refractivity contribution in [3.63, 3.8) is 0 Å². The number of hydrogen-bond acceptors (Lipinski definition) is 3. The van der Waals surface area contributed by atoms with Crippen LogP contribution in [0.5, 0.6) is 0 Å². The Morgan fingerprint density at radius 3 is 2.41 bits per heavy atom. The Kier molecular flexibility index (Phi) is 6.18. The van der Waals surface area contributed by atoms with Crippen LogP contribution in [0.3, 0.4) is 0 Å². The van der Waals surface area contributed by atoms with Crippen molar-refractivity contribution in [2.45, 2.75) is 52.0 Å². The molecule has 1 fully saturated rings. The summed E-state index contributed by atoms with van der Waals surface area (Å²) in [5.74, 6) is -1.29. The van der Waals surface area contributed by atoms with Gasteiger partial charge in [0.1, 0.15) is 11.6 Å². The molecule has 150 valence electrons. The lowest BCUT2D eigenvalue weighted by molar-refractivity contribution is -0.117. The Morgan fingerprint density at radius 2 is 1.83 bits per heavy atom. The number of aromatic nitrogens is 1. The molecule has 1 aromatic carbocycles. The van der Waals surface area contributed by atoms with Gasteiger partial charge in [-0.15, -0.1) is 0 Å². The summed E-state index contributed by atoms with van der Waals surface area (Å²) in [5, 5.41) is 21.6. The van der Waals surface area contributed by atoms with E-state index in [1.165, 1.54) is 6.42 Å². The molecule has 0 aliphatic heterocycles. The minimum Gasteiger partial charge on any atom is -0.478 e. The first-order valence-corrected chi connectivity index (χ1v) is 9.86. The lowest BCUT2D eigenvalue weighted by Crippen LogP contribution is -2.36. The van der Waals surface area contributed by atoms with Gasteiger partial charge in [-0.25, -0.2) is 4.79 Å². The average Bonchev–Trinajstić information content (AvgIpc) is 2.99. The van der Waals surface area contributed by atoms with E-state index in [1.54, 1.807) is 30.3 Å². The number of nitrogens with one attached hydrogen (secondary N) is 1. The molecule has 29 heavy (non-hydrogen) atoms. The molecule has 1 heterocycles. The molecule has 1 aliphatic carbocycles. The second-order valence-corrected chi connectivity index (χ2v) is 7.49. The fraction of sp³-hybridized carbons (Fsp3) is 0.348. The zero-order chi connectivity index (χ0) is 21.0. The highest BCUT2D eigenvalue weighted by Crippen LogP contribution is 2.24. The van der Waals surface area contributed by atoms with Crippen molar-refractivity contribution >= 4 is 18.0 Å². The average molecular weight is 391 g/mol. The van der Waals surface area contributed by atoms with E-state index in [4.69, 9.17) is 5.11 Å². The van der Waals surface area contributed by atoms with Gasteiger partial charge in [0, 0.05) is 23.1 Å². The smallest absolute Gasteiger partial charge is 0.335 e. The number of amides is 1. The number of nitrogens with zero attached hydrogens (tertiary/aromatic N) is 2. The van der Waals surface area contributed by atoms with Gasteiger partial charge in [-0.2, -0.15) is 5.26 Å². The summed E-state index contributed by atoms with van der Waals surface area (Å²) in [6, 6.07) is 10.7. The monoisotopic (exact) mass is 391 g/mol. The molecular formula is C23H25N3O3. The minimum atomic E-state index is -0.969. The molecule has 0 spiro atoms. The maximum atomic E-state index is 12.6. The molecule has 6 heteroatoms. The fourth-order valence-corrected chi connectivity index (χ4v) is 3.90. The van der Waals surface area contributed by atoms with Crippen molar-refractivity contribution in [2.75, 3.05) is 0 Å². The third kappa shape index (κ3) is 4.57. The number of rotatable bonds is 5. The molecule has 1 aromatic heterocycles. The number of benzene rings is 1. The third-order valence-electron chi connectivity index (χ3n) is 5.45. The van der Waals surface area contributed by atoms with Gasteiger partial charge in [0.15, 0.2) is 0 Å². The Bertz CT molecular complexity index is 988. The van der Waals surface area contributed by atoms with Gasteiger partial charge < -0.3 is 15.0 Å². The number of aryl methyl sites for hydroxylation is 1. The molecular weight excluding hydrogens is 366 g/mol. The Labute approximate surface area is 170 Å². The molecule has 1 saturated carbocycles. The van der Waals surface area contributed by atoms with Crippen molar-refractivity contribution in [3.05, 3.63) is 58.4 Å². The topological polar surface area (TPSA) is 95.1 Å². The zero-order valence-electron chi connectivity index (χ0n) is 16.7. The normalized spacial score (nSPS) is 15.0. The third-order valence-corrected chi connectivity index (χ3v) is 5.45. The highest BCUT2D eigenvalue weighted by Gasteiger charge is 2.19. The van der Waals surface area contributed by atoms with E-state index in [0.717, 1.165) is 48.3 Å². The van der Waals surface area contributed by atoms with E-state index in [-0.39, 0.29) is 23.1 Å². The van der Waals surface area contributed by atoms with Gasteiger partial charge in [-0.1, -0.05) is 19.3 Å². The van der Waals surface area contributed by atoms with E-state index in [9.17, 15) is 14.9 Å². The summed E-state index contributed by atoms with van der Waals surface area (Å²) in [4.78, 5) is 23.6. The Balaban J connectivity index is 1.86. The van der Waals surface area contributed by atoms with Crippen molar-refractivity contribution in [3.8, 4) is 11.8 Å². The van der Waals surface area contributed by atoms with Gasteiger partial charge in [-0.05, 0) is 68.7 Å². The standard InChI is InChI=1S/C23H25N3O3/c1-15-12-18(13-19(14-24)22(27)25-20-6-4-3-5-7-20)16(2)26(15)21-10-8-17(9-11-21)23(28)29/h8-13,20H,3-7H2,1-2H3,(H,25,27)(H,28,29). The van der Waals surface area contributed by atoms with Crippen LogP contribution in [0, 0.1) is 25.2 Å². The number of aromatic carboxylic acids is 1. The van der Waals surface area contributed by atoms with E-state index in [2.05, 4.69) is 5.32 Å². The summed E-state index contributed by atoms with van der Waals surface area (Å²) in [5.41, 5.74) is 3.75. The van der Waals surface area contributed by atoms with Crippen LogP contribution in [0.25, 0.3) is 11.8 Å². The van der Waals surface area contributed by atoms with Crippen LogP contribution in [-0.2, 0) is 4.79 Å². The molecule has 0 radical (unpaired) electrons. The summed E-state index contributed by atoms with van der Waals surface area (Å²) in [6.07, 6.45) is 6.97. The maximum Gasteiger partial charge on any atom is 0.335 e. The molecule has 0 unspecified atom stereocenters. The van der Waals surface area contributed by atoms with Gasteiger partial charge in [0.2, 0.25) is 0 Å². The number of hydrogen-bond donors (Lipinski definition) is 2. The molecule has 2 N–H and O–H groups in total. The molecule has 0 atom stereocenters. The van der Waals surface area contributed by atoms with Crippen molar-refractivity contribution < 1.29 is 14.7 Å². The predicted molar refractivity (Wildman–Crippen MR) is 111 cm³/mol. The van der Waals surface area contributed by atoms with Crippen LogP contribution in [0.4, 0.5) is 0 Å². The lowest BCUT2D eigenvalue weighted by atomic mass is 9.95. The Morgan fingerprint density at radius 1 is 1.17 bits per heavy atom. The number of carbonyl (C=O) groups excluding carboxylic acids is 1. The first-order valence-electron chi connectivity index (χ1n) is 9.86. The van der Waals surface area contributed by atoms with E-state index in [1.807, 2.05) is 30.6 Å². The maximum absolute atomic E-state index is 12.6. The van der Waals surface area contributed by atoms with Crippen molar-refractivity contribution in [1.29, 1.82) is 5.26 Å². The van der Waals surface area contributed by atoms with Crippen LogP contribution in [0.1, 0.15) is 59.4 Å². The molecule has 1 aliphatic rings. The van der Waals surface area contributed by atoms with E-state index < -0.39 is 5.97 Å². The quantitative estimate of drug-likeness (QED) is 0.591. The minimum absolute atomic E-state index is 0.0945. The number of carboxylic acids is 1. The Hall–Kier alpha value is -3.33. The van der Waals surface area contributed by atoms with Crippen molar-refractivity contribution in [2.24, 2.45) is 0 Å². The second kappa shape index (κ2) is 8.78. The van der Waals surface area contributed by atoms with Crippen LogP contribution >= 0.6 is 0 Å². The van der Waals surface area contributed by atoms with E-state index >= 15 is 0 Å². The highest BCUT2D eigenvalue weighted by molar-refractivity contribution is 6.02. The molecule has 0 saturated heterocycles. The van der Waals surface area contributed by atoms with E-state index in [0.29, 0.717) is 0 Å². The first-order chi connectivity index (χ1) is 13.9. The molecule has 1 amide bonds. The van der Waals surface area contributed by atoms with Crippen LogP contribution in [-0.4, -0.2) is 27.6 Å². The second-order valence-electron chi connectivity index (χ2n) is 7.49. The summed E-state index contributed by atoms with van der Waals surface area (Å²) < 4.78 is 1.98. The van der Waals surface area contributed by atoms with Crippen LogP contribution in [0.15, 0.2) is 35.9 Å². The molecule has 2 aromatic rings. The van der Waals surface area contributed by atoms with Crippen molar-refractivity contribution in [1.82, 2.24) is 9.88 Å². The summed E-state index contributed by atoms with van der Waals surface area (Å²) >= 11 is 0. The fourth-order valence-electron chi connectivity index (χ4n) is 3.90. The predicted octanol–water partition coefficient (Wildman–Crippen LogP) is 4.15. The number of carboxylic acid groups (broad SMARTS) is 1. The highest BCUT2D eigenvalue weighted by atomic mass is 16.4. The van der Waals surface area contributed by atoms with Gasteiger partial charge in [0.25, 0.3) is 5.91 Å². The SMILES string of the molecule is Cc1cc(C=C(C#N)C(=O)NC2CCCCC2)c(C)n1-c1ccc(C(=O)O)cc1.